The van der Waals surface area contributed by atoms with E-state index in [9.17, 15) is 0 Å². The van der Waals surface area contributed by atoms with Crippen LogP contribution in [-0.2, 0) is 13.0 Å². The van der Waals surface area contributed by atoms with Gasteiger partial charge in [0.25, 0.3) is 0 Å². The van der Waals surface area contributed by atoms with Crippen LogP contribution < -0.4 is 15.5 Å². The van der Waals surface area contributed by atoms with E-state index in [1.807, 2.05) is 12.1 Å². The first-order valence-corrected chi connectivity index (χ1v) is 9.28. The van der Waals surface area contributed by atoms with Gasteiger partial charge in [0.05, 0.1) is 5.02 Å². The van der Waals surface area contributed by atoms with Crippen molar-refractivity contribution >= 4 is 47.4 Å². The predicted molar refractivity (Wildman–Crippen MR) is 119 cm³/mol. The summed E-state index contributed by atoms with van der Waals surface area (Å²) in [7, 11) is 1.79. The summed E-state index contributed by atoms with van der Waals surface area (Å²) in [6.45, 7) is 5.41. The van der Waals surface area contributed by atoms with Crippen LogP contribution in [0.15, 0.2) is 29.6 Å². The van der Waals surface area contributed by atoms with Crippen LogP contribution in [0.3, 0.4) is 0 Å². The Balaban J connectivity index is 0.00000261. The van der Waals surface area contributed by atoms with Gasteiger partial charge >= 0.3 is 0 Å². The Morgan fingerprint density at radius 1 is 1.44 bits per heavy atom. The van der Waals surface area contributed by atoms with Gasteiger partial charge in [-0.25, -0.2) is 4.98 Å². The molecule has 0 aliphatic carbocycles. The third-order valence-corrected chi connectivity index (χ3v) is 4.74. The van der Waals surface area contributed by atoms with Crippen LogP contribution in [0.2, 0.25) is 5.02 Å². The number of guanidine groups is 1. The van der Waals surface area contributed by atoms with Gasteiger partial charge in [0, 0.05) is 51.9 Å². The first-order chi connectivity index (χ1) is 12.7. The molecular formula is C17H26ClIN8. The molecule has 1 aliphatic heterocycles. The zero-order valence-corrected chi connectivity index (χ0v) is 18.7. The standard InChI is InChI=1S/C17H25ClN8.HI/c1-3-15-24-22-12-26(15)10-8-21-17(19-2)23-13-6-9-25(11-13)16-14(18)5-4-7-20-16;/h4-5,7,12-13H,3,6,8-11H2,1-2H3,(H2,19,21,23);1H. The third-order valence-electron chi connectivity index (χ3n) is 4.45. The molecule has 1 saturated heterocycles. The molecule has 2 aromatic rings. The van der Waals surface area contributed by atoms with Gasteiger partial charge in [-0.05, 0) is 18.6 Å². The fourth-order valence-corrected chi connectivity index (χ4v) is 3.34. The van der Waals surface area contributed by atoms with E-state index in [4.69, 9.17) is 11.6 Å². The molecule has 10 heteroatoms. The summed E-state index contributed by atoms with van der Waals surface area (Å²) < 4.78 is 2.06. The molecule has 0 saturated carbocycles. The number of hydrogen-bond donors (Lipinski definition) is 2. The Morgan fingerprint density at radius 3 is 3.04 bits per heavy atom. The molecule has 0 radical (unpaired) electrons. The number of hydrogen-bond acceptors (Lipinski definition) is 5. The molecule has 148 valence electrons. The van der Waals surface area contributed by atoms with E-state index < -0.39 is 0 Å². The first-order valence-electron chi connectivity index (χ1n) is 8.90. The molecule has 8 nitrogen and oxygen atoms in total. The molecule has 1 atom stereocenters. The van der Waals surface area contributed by atoms with Crippen molar-refractivity contribution in [3.8, 4) is 0 Å². The highest BCUT2D eigenvalue weighted by atomic mass is 127. The van der Waals surface area contributed by atoms with Gasteiger partial charge in [0.2, 0.25) is 0 Å². The average Bonchev–Trinajstić information content (AvgIpc) is 3.30. The molecule has 0 amide bonds. The number of rotatable bonds is 6. The van der Waals surface area contributed by atoms with E-state index >= 15 is 0 Å². The number of nitrogens with zero attached hydrogens (tertiary/aromatic N) is 6. The van der Waals surface area contributed by atoms with E-state index in [1.165, 1.54) is 0 Å². The Labute approximate surface area is 181 Å². The highest BCUT2D eigenvalue weighted by molar-refractivity contribution is 14.0. The molecule has 0 spiro atoms. The summed E-state index contributed by atoms with van der Waals surface area (Å²) >= 11 is 6.25. The van der Waals surface area contributed by atoms with Gasteiger partial charge in [-0.2, -0.15) is 0 Å². The Bertz CT molecular complexity index is 750. The predicted octanol–water partition coefficient (Wildman–Crippen LogP) is 1.95. The van der Waals surface area contributed by atoms with Crippen molar-refractivity contribution in [1.82, 2.24) is 30.4 Å². The number of nitrogens with one attached hydrogen (secondary N) is 2. The van der Waals surface area contributed by atoms with Gasteiger partial charge < -0.3 is 20.1 Å². The SMILES string of the molecule is CCc1nncn1CCNC(=NC)NC1CCN(c2ncccc2Cl)C1.I. The molecule has 0 bridgehead atoms. The van der Waals surface area contributed by atoms with Crippen LogP contribution in [0, 0.1) is 0 Å². The summed E-state index contributed by atoms with van der Waals surface area (Å²) in [4.78, 5) is 10.9. The van der Waals surface area contributed by atoms with E-state index in [-0.39, 0.29) is 24.0 Å². The second-order valence-corrected chi connectivity index (χ2v) is 6.59. The van der Waals surface area contributed by atoms with Crippen LogP contribution in [0.1, 0.15) is 19.2 Å². The van der Waals surface area contributed by atoms with E-state index in [0.29, 0.717) is 11.1 Å². The van der Waals surface area contributed by atoms with Gasteiger partial charge in [-0.3, -0.25) is 4.99 Å². The molecule has 1 unspecified atom stereocenters. The molecule has 1 aliphatic rings. The van der Waals surface area contributed by atoms with Crippen LogP contribution in [-0.4, -0.2) is 58.4 Å². The fraction of sp³-hybridized carbons (Fsp3) is 0.529. The number of anilines is 1. The van der Waals surface area contributed by atoms with Crippen LogP contribution in [0.25, 0.3) is 0 Å². The zero-order valence-electron chi connectivity index (χ0n) is 15.6. The Hall–Kier alpha value is -1.62. The van der Waals surface area contributed by atoms with Crippen molar-refractivity contribution in [2.45, 2.75) is 32.4 Å². The average molecular weight is 505 g/mol. The third kappa shape index (κ3) is 5.68. The molecular weight excluding hydrogens is 479 g/mol. The summed E-state index contributed by atoms with van der Waals surface area (Å²) in [5, 5.41) is 15.6. The van der Waals surface area contributed by atoms with E-state index in [0.717, 1.165) is 56.6 Å². The van der Waals surface area contributed by atoms with E-state index in [2.05, 4.69) is 47.2 Å². The lowest BCUT2D eigenvalue weighted by molar-refractivity contribution is 0.611. The number of aromatic nitrogens is 4. The molecule has 3 rings (SSSR count). The lowest BCUT2D eigenvalue weighted by Crippen LogP contribution is -2.45. The van der Waals surface area contributed by atoms with E-state index in [1.54, 1.807) is 19.6 Å². The smallest absolute Gasteiger partial charge is 0.191 e. The van der Waals surface area contributed by atoms with Gasteiger partial charge in [0.15, 0.2) is 5.96 Å². The van der Waals surface area contributed by atoms with Crippen molar-refractivity contribution in [3.63, 3.8) is 0 Å². The van der Waals surface area contributed by atoms with Crippen molar-refractivity contribution in [1.29, 1.82) is 0 Å². The number of aryl methyl sites for hydroxylation is 1. The lowest BCUT2D eigenvalue weighted by Gasteiger charge is -2.20. The maximum absolute atomic E-state index is 6.25. The topological polar surface area (TPSA) is 83.3 Å². The molecule has 27 heavy (non-hydrogen) atoms. The number of pyridine rings is 1. The Kier molecular flexibility index (Phi) is 8.55. The van der Waals surface area contributed by atoms with Crippen molar-refractivity contribution in [2.24, 2.45) is 4.99 Å². The largest absolute Gasteiger partial charge is 0.355 e. The molecule has 2 N–H and O–H groups in total. The van der Waals surface area contributed by atoms with Crippen molar-refractivity contribution in [3.05, 3.63) is 35.5 Å². The number of aliphatic imine (C=N–C) groups is 1. The van der Waals surface area contributed by atoms with Crippen LogP contribution >= 0.6 is 35.6 Å². The molecule has 3 heterocycles. The Morgan fingerprint density at radius 2 is 2.30 bits per heavy atom. The second kappa shape index (κ2) is 10.6. The van der Waals surface area contributed by atoms with Crippen LogP contribution in [0.5, 0.6) is 0 Å². The van der Waals surface area contributed by atoms with Crippen LogP contribution in [0.4, 0.5) is 5.82 Å². The number of halogens is 2. The summed E-state index contributed by atoms with van der Waals surface area (Å²) in [5.41, 5.74) is 0. The fourth-order valence-electron chi connectivity index (χ4n) is 3.10. The maximum atomic E-state index is 6.25. The summed E-state index contributed by atoms with van der Waals surface area (Å²) in [5.74, 6) is 2.64. The monoisotopic (exact) mass is 504 g/mol. The normalized spacial score (nSPS) is 16.9. The molecule has 1 fully saturated rings. The summed E-state index contributed by atoms with van der Waals surface area (Å²) in [6.07, 6.45) is 5.43. The summed E-state index contributed by atoms with van der Waals surface area (Å²) in [6, 6.07) is 4.03. The maximum Gasteiger partial charge on any atom is 0.191 e. The van der Waals surface area contributed by atoms with Gasteiger partial charge in [0.1, 0.15) is 18.0 Å². The van der Waals surface area contributed by atoms with Gasteiger partial charge in [-0.15, -0.1) is 34.2 Å². The highest BCUT2D eigenvalue weighted by Gasteiger charge is 2.25. The second-order valence-electron chi connectivity index (χ2n) is 6.18. The molecule has 2 aromatic heterocycles. The quantitative estimate of drug-likeness (QED) is 0.355. The van der Waals surface area contributed by atoms with Crippen molar-refractivity contribution < 1.29 is 0 Å². The van der Waals surface area contributed by atoms with Crippen molar-refractivity contribution in [2.75, 3.05) is 31.6 Å². The zero-order chi connectivity index (χ0) is 18.4. The minimum Gasteiger partial charge on any atom is -0.355 e. The molecule has 0 aromatic carbocycles. The minimum atomic E-state index is 0. The highest BCUT2D eigenvalue weighted by Crippen LogP contribution is 2.25. The first kappa shape index (κ1) is 21.7. The van der Waals surface area contributed by atoms with Gasteiger partial charge in [-0.1, -0.05) is 18.5 Å². The lowest BCUT2D eigenvalue weighted by atomic mass is 10.3. The minimum absolute atomic E-state index is 0.